The molecule has 0 aliphatic carbocycles. The van der Waals surface area contributed by atoms with Crippen molar-refractivity contribution >= 4 is 11.3 Å². The molecule has 1 aliphatic heterocycles. The highest BCUT2D eigenvalue weighted by Gasteiger charge is 2.27. The Morgan fingerprint density at radius 3 is 2.28 bits per heavy atom. The lowest BCUT2D eigenvalue weighted by molar-refractivity contribution is 0.284. The first-order chi connectivity index (χ1) is 15.3. The van der Waals surface area contributed by atoms with Gasteiger partial charge in [0, 0.05) is 28.4 Å². The van der Waals surface area contributed by atoms with E-state index in [0.29, 0.717) is 23.9 Å². The minimum Gasteiger partial charge on any atom is -0.496 e. The molecule has 5 heteroatoms. The Kier molecular flexibility index (Phi) is 5.83. The number of para-hydroxylation sites is 2. The van der Waals surface area contributed by atoms with Gasteiger partial charge in [0.25, 0.3) is 0 Å². The van der Waals surface area contributed by atoms with Gasteiger partial charge in [0.1, 0.15) is 18.2 Å². The fourth-order valence-electron chi connectivity index (χ4n) is 4.38. The van der Waals surface area contributed by atoms with Crippen LogP contribution in [0.5, 0.6) is 17.2 Å². The average molecular weight is 434 g/mol. The number of ether oxygens (including phenoxy) is 3. The third kappa shape index (κ3) is 4.15. The van der Waals surface area contributed by atoms with Crippen LogP contribution in [0.2, 0.25) is 0 Å². The molecular formula is C27H28FNO3. The standard InChI is InChI=1S/C27H28FNO3/c1-17-15-27(2,3)29-22-13-12-19(20-11-10-18(28)14-25(20)31-5)21(26(17)22)16-32-24-9-7-6-8-23(24)30-4/h6-15,29H,16H2,1-5H3. The number of halogens is 1. The van der Waals surface area contributed by atoms with Crippen LogP contribution in [0.4, 0.5) is 10.1 Å². The molecule has 4 rings (SSSR count). The number of hydrogen-bond donors (Lipinski definition) is 1. The Bertz CT molecular complexity index is 1180. The minimum atomic E-state index is -0.338. The molecule has 0 atom stereocenters. The predicted molar refractivity (Wildman–Crippen MR) is 127 cm³/mol. The highest BCUT2D eigenvalue weighted by atomic mass is 19.1. The first-order valence-electron chi connectivity index (χ1n) is 10.6. The van der Waals surface area contributed by atoms with E-state index in [4.69, 9.17) is 14.2 Å². The van der Waals surface area contributed by atoms with Crippen molar-refractivity contribution in [2.75, 3.05) is 19.5 Å². The fourth-order valence-corrected chi connectivity index (χ4v) is 4.38. The van der Waals surface area contributed by atoms with Crippen molar-refractivity contribution < 1.29 is 18.6 Å². The van der Waals surface area contributed by atoms with Gasteiger partial charge in [0.05, 0.1) is 19.8 Å². The van der Waals surface area contributed by atoms with Crippen LogP contribution in [0, 0.1) is 5.82 Å². The first kappa shape index (κ1) is 21.8. The van der Waals surface area contributed by atoms with Crippen LogP contribution in [0.3, 0.4) is 0 Å². The molecule has 0 bridgehead atoms. The molecule has 1 aliphatic rings. The second kappa shape index (κ2) is 8.58. The lowest BCUT2D eigenvalue weighted by atomic mass is 9.85. The summed E-state index contributed by atoms with van der Waals surface area (Å²) in [5.41, 5.74) is 5.87. The van der Waals surface area contributed by atoms with Gasteiger partial charge in [-0.2, -0.15) is 0 Å². The van der Waals surface area contributed by atoms with Gasteiger partial charge in [-0.1, -0.05) is 24.3 Å². The number of anilines is 1. The molecule has 1 heterocycles. The van der Waals surface area contributed by atoms with E-state index < -0.39 is 0 Å². The van der Waals surface area contributed by atoms with Crippen molar-refractivity contribution in [3.8, 4) is 28.4 Å². The lowest BCUT2D eigenvalue weighted by Crippen LogP contribution is -2.32. The summed E-state index contributed by atoms with van der Waals surface area (Å²) in [5.74, 6) is 1.48. The van der Waals surface area contributed by atoms with Gasteiger partial charge in [-0.25, -0.2) is 4.39 Å². The van der Waals surface area contributed by atoms with E-state index in [1.54, 1.807) is 20.3 Å². The van der Waals surface area contributed by atoms with E-state index >= 15 is 0 Å². The highest BCUT2D eigenvalue weighted by molar-refractivity contribution is 5.88. The van der Waals surface area contributed by atoms with Gasteiger partial charge in [0.2, 0.25) is 0 Å². The van der Waals surface area contributed by atoms with Crippen molar-refractivity contribution in [2.24, 2.45) is 0 Å². The number of benzene rings is 3. The zero-order valence-corrected chi connectivity index (χ0v) is 19.1. The molecule has 3 aromatic rings. The van der Waals surface area contributed by atoms with E-state index in [9.17, 15) is 4.39 Å². The monoisotopic (exact) mass is 433 g/mol. The maximum absolute atomic E-state index is 13.9. The van der Waals surface area contributed by atoms with E-state index in [2.05, 4.69) is 38.2 Å². The van der Waals surface area contributed by atoms with Crippen LogP contribution in [0.25, 0.3) is 16.7 Å². The summed E-state index contributed by atoms with van der Waals surface area (Å²) in [4.78, 5) is 0. The number of methoxy groups -OCH3 is 2. The van der Waals surface area contributed by atoms with Crippen LogP contribution in [0.1, 0.15) is 31.9 Å². The molecule has 3 aromatic carbocycles. The second-order valence-electron chi connectivity index (χ2n) is 8.47. The summed E-state index contributed by atoms with van der Waals surface area (Å²) in [6.45, 7) is 6.70. The number of fused-ring (bicyclic) bond motifs is 1. The third-order valence-corrected chi connectivity index (χ3v) is 5.64. The molecule has 1 N–H and O–H groups in total. The fraction of sp³-hybridized carbons (Fsp3) is 0.259. The molecule has 0 saturated heterocycles. The zero-order chi connectivity index (χ0) is 22.9. The first-order valence-corrected chi connectivity index (χ1v) is 10.6. The molecule has 32 heavy (non-hydrogen) atoms. The molecule has 166 valence electrons. The van der Waals surface area contributed by atoms with Crippen LogP contribution < -0.4 is 19.5 Å². The van der Waals surface area contributed by atoms with E-state index in [0.717, 1.165) is 33.5 Å². The van der Waals surface area contributed by atoms with E-state index in [-0.39, 0.29) is 11.4 Å². The SMILES string of the molecule is COc1ccccc1OCc1c(-c2ccc(F)cc2OC)ccc2c1C(C)=CC(C)(C)N2. The third-order valence-electron chi connectivity index (χ3n) is 5.64. The van der Waals surface area contributed by atoms with Gasteiger partial charge in [-0.05, 0) is 62.2 Å². The molecule has 0 saturated carbocycles. The molecule has 0 fully saturated rings. The quantitative estimate of drug-likeness (QED) is 0.470. The topological polar surface area (TPSA) is 39.7 Å². The Morgan fingerprint density at radius 1 is 0.875 bits per heavy atom. The maximum Gasteiger partial charge on any atom is 0.161 e. The number of nitrogens with one attached hydrogen (secondary N) is 1. The Hall–Kier alpha value is -3.47. The Morgan fingerprint density at radius 2 is 1.56 bits per heavy atom. The van der Waals surface area contributed by atoms with Gasteiger partial charge < -0.3 is 19.5 Å². The summed E-state index contributed by atoms with van der Waals surface area (Å²) in [6.07, 6.45) is 2.22. The average Bonchev–Trinajstić information content (AvgIpc) is 2.76. The molecular weight excluding hydrogens is 405 g/mol. The van der Waals surface area contributed by atoms with Crippen molar-refractivity contribution in [1.29, 1.82) is 0 Å². The molecule has 0 amide bonds. The van der Waals surface area contributed by atoms with Gasteiger partial charge in [-0.3, -0.25) is 0 Å². The predicted octanol–water partition coefficient (Wildman–Crippen LogP) is 6.70. The van der Waals surface area contributed by atoms with Crippen LogP contribution in [0.15, 0.2) is 60.7 Å². The number of rotatable bonds is 6. The zero-order valence-electron chi connectivity index (χ0n) is 19.1. The van der Waals surface area contributed by atoms with E-state index in [1.165, 1.54) is 12.1 Å². The van der Waals surface area contributed by atoms with Gasteiger partial charge >= 0.3 is 0 Å². The summed E-state index contributed by atoms with van der Waals surface area (Å²) in [6, 6.07) is 16.3. The minimum absolute atomic E-state index is 0.160. The van der Waals surface area contributed by atoms with Crippen LogP contribution >= 0.6 is 0 Å². The van der Waals surface area contributed by atoms with Gasteiger partial charge in [-0.15, -0.1) is 0 Å². The Balaban J connectivity index is 1.87. The van der Waals surface area contributed by atoms with Crippen molar-refractivity contribution in [2.45, 2.75) is 32.9 Å². The highest BCUT2D eigenvalue weighted by Crippen LogP contribution is 2.43. The molecule has 0 radical (unpaired) electrons. The van der Waals surface area contributed by atoms with E-state index in [1.807, 2.05) is 30.3 Å². The number of allylic oxidation sites excluding steroid dienone is 1. The van der Waals surface area contributed by atoms with Gasteiger partial charge in [0.15, 0.2) is 11.5 Å². The smallest absolute Gasteiger partial charge is 0.161 e. The summed E-state index contributed by atoms with van der Waals surface area (Å²) >= 11 is 0. The second-order valence-corrected chi connectivity index (χ2v) is 8.47. The van der Waals surface area contributed by atoms with Crippen LogP contribution in [-0.2, 0) is 6.61 Å². The summed E-state index contributed by atoms with van der Waals surface area (Å²) in [5, 5.41) is 3.60. The van der Waals surface area contributed by atoms with Crippen molar-refractivity contribution in [1.82, 2.24) is 0 Å². The summed E-state index contributed by atoms with van der Waals surface area (Å²) in [7, 11) is 3.18. The normalized spacial score (nSPS) is 14.1. The summed E-state index contributed by atoms with van der Waals surface area (Å²) < 4.78 is 31.1. The molecule has 0 unspecified atom stereocenters. The van der Waals surface area contributed by atoms with Crippen LogP contribution in [-0.4, -0.2) is 19.8 Å². The van der Waals surface area contributed by atoms with Crippen molar-refractivity contribution in [3.63, 3.8) is 0 Å². The van der Waals surface area contributed by atoms with Crippen molar-refractivity contribution in [3.05, 3.63) is 77.6 Å². The largest absolute Gasteiger partial charge is 0.496 e. The molecule has 4 nitrogen and oxygen atoms in total. The number of hydrogen-bond acceptors (Lipinski definition) is 4. The Labute approximate surface area is 188 Å². The maximum atomic E-state index is 13.9. The molecule has 0 spiro atoms. The molecule has 0 aromatic heterocycles. The lowest BCUT2D eigenvalue weighted by Gasteiger charge is -2.33.